The van der Waals surface area contributed by atoms with E-state index in [1.807, 2.05) is 0 Å². The van der Waals surface area contributed by atoms with E-state index in [4.69, 9.17) is 9.47 Å². The Hall–Kier alpha value is -2.86. The maximum Gasteiger partial charge on any atom is 0.198 e. The first-order valence-electron chi connectivity index (χ1n) is 7.43. The van der Waals surface area contributed by atoms with Crippen LogP contribution in [0.5, 0.6) is 17.2 Å². The van der Waals surface area contributed by atoms with Crippen molar-refractivity contribution in [1.29, 1.82) is 0 Å². The Balaban J connectivity index is 2.28. The minimum absolute atomic E-state index is 0.00333. The van der Waals surface area contributed by atoms with Gasteiger partial charge in [0.2, 0.25) is 0 Å². The first kappa shape index (κ1) is 16.0. The number of hydrogen-bond acceptors (Lipinski definition) is 6. The monoisotopic (exact) mass is 328 g/mol. The zero-order valence-corrected chi connectivity index (χ0v) is 13.3. The van der Waals surface area contributed by atoms with Crippen LogP contribution in [0.3, 0.4) is 0 Å². The molecule has 0 heterocycles. The van der Waals surface area contributed by atoms with E-state index in [1.165, 1.54) is 31.4 Å². The summed E-state index contributed by atoms with van der Waals surface area (Å²) in [5.41, 5.74) is 0.437. The third kappa shape index (κ3) is 2.23. The molecule has 2 aromatic carbocycles. The molecule has 24 heavy (non-hydrogen) atoms. The van der Waals surface area contributed by atoms with Gasteiger partial charge in [0.15, 0.2) is 11.6 Å². The summed E-state index contributed by atoms with van der Waals surface area (Å²) in [6, 6.07) is 5.54. The SMILES string of the molecule is CCOCc1c(O)cc2c(c1OC)C(=O)c1cccc(O)c1C2=O. The van der Waals surface area contributed by atoms with Crippen molar-refractivity contribution < 1.29 is 29.3 Å². The highest BCUT2D eigenvalue weighted by Crippen LogP contribution is 2.42. The number of phenols is 2. The molecule has 0 radical (unpaired) electrons. The van der Waals surface area contributed by atoms with E-state index in [1.54, 1.807) is 6.92 Å². The Kier molecular flexibility index (Phi) is 3.99. The molecule has 1 aliphatic carbocycles. The molecule has 0 saturated carbocycles. The molecular weight excluding hydrogens is 312 g/mol. The Bertz CT molecular complexity index is 853. The number of carbonyl (C=O) groups excluding carboxylic acids is 2. The second kappa shape index (κ2) is 5.98. The molecular formula is C18H16O6. The summed E-state index contributed by atoms with van der Waals surface area (Å²) in [5.74, 6) is -1.32. The number of ether oxygens (including phenoxy) is 2. The molecule has 0 bridgehead atoms. The van der Waals surface area contributed by atoms with E-state index < -0.39 is 11.6 Å². The summed E-state index contributed by atoms with van der Waals surface area (Å²) in [6.45, 7) is 2.27. The van der Waals surface area contributed by atoms with Crippen molar-refractivity contribution in [3.63, 3.8) is 0 Å². The first-order chi connectivity index (χ1) is 11.5. The molecule has 6 heteroatoms. The van der Waals surface area contributed by atoms with Crippen molar-refractivity contribution in [2.45, 2.75) is 13.5 Å². The summed E-state index contributed by atoms with van der Waals surface area (Å²) < 4.78 is 10.6. The van der Waals surface area contributed by atoms with Crippen LogP contribution in [0.2, 0.25) is 0 Å². The average molecular weight is 328 g/mol. The topological polar surface area (TPSA) is 93.1 Å². The van der Waals surface area contributed by atoms with Crippen molar-refractivity contribution in [3.8, 4) is 17.2 Å². The van der Waals surface area contributed by atoms with Gasteiger partial charge >= 0.3 is 0 Å². The van der Waals surface area contributed by atoms with Gasteiger partial charge in [0.1, 0.15) is 17.2 Å². The molecule has 0 atom stereocenters. The summed E-state index contributed by atoms with van der Waals surface area (Å²) in [5, 5.41) is 20.2. The van der Waals surface area contributed by atoms with E-state index in [0.29, 0.717) is 12.2 Å². The highest BCUT2D eigenvalue weighted by atomic mass is 16.5. The van der Waals surface area contributed by atoms with Crippen molar-refractivity contribution in [3.05, 3.63) is 52.1 Å². The summed E-state index contributed by atoms with van der Waals surface area (Å²) in [4.78, 5) is 25.6. The fourth-order valence-electron chi connectivity index (χ4n) is 2.90. The van der Waals surface area contributed by atoms with Gasteiger partial charge < -0.3 is 19.7 Å². The first-order valence-corrected chi connectivity index (χ1v) is 7.43. The number of rotatable bonds is 4. The van der Waals surface area contributed by atoms with E-state index in [-0.39, 0.29) is 46.1 Å². The number of phenolic OH excluding ortho intramolecular Hbond substituents is 2. The molecule has 3 rings (SSSR count). The summed E-state index contributed by atoms with van der Waals surface area (Å²) in [6.07, 6.45) is 0. The quantitative estimate of drug-likeness (QED) is 0.764. The average Bonchev–Trinajstić information content (AvgIpc) is 2.57. The zero-order chi connectivity index (χ0) is 17.4. The molecule has 0 saturated heterocycles. The number of methoxy groups -OCH3 is 1. The van der Waals surface area contributed by atoms with Crippen LogP contribution in [0.1, 0.15) is 44.3 Å². The van der Waals surface area contributed by atoms with Gasteiger partial charge in [-0.05, 0) is 19.1 Å². The second-order valence-electron chi connectivity index (χ2n) is 5.33. The van der Waals surface area contributed by atoms with Gasteiger partial charge in [-0.25, -0.2) is 0 Å². The van der Waals surface area contributed by atoms with Gasteiger partial charge in [-0.1, -0.05) is 12.1 Å². The third-order valence-corrected chi connectivity index (χ3v) is 4.00. The predicted molar refractivity (Wildman–Crippen MR) is 85.0 cm³/mol. The number of ketones is 2. The Morgan fingerprint density at radius 1 is 1.00 bits per heavy atom. The molecule has 0 aliphatic heterocycles. The smallest absolute Gasteiger partial charge is 0.198 e. The zero-order valence-electron chi connectivity index (χ0n) is 13.3. The van der Waals surface area contributed by atoms with Crippen LogP contribution in [-0.4, -0.2) is 35.5 Å². The normalized spacial score (nSPS) is 12.8. The van der Waals surface area contributed by atoms with Crippen molar-refractivity contribution >= 4 is 11.6 Å². The Morgan fingerprint density at radius 3 is 2.38 bits per heavy atom. The van der Waals surface area contributed by atoms with Crippen LogP contribution in [0, 0.1) is 0 Å². The number of carbonyl (C=O) groups is 2. The van der Waals surface area contributed by atoms with Gasteiger partial charge in [0.05, 0.1) is 30.4 Å². The molecule has 2 aromatic rings. The van der Waals surface area contributed by atoms with Crippen LogP contribution >= 0.6 is 0 Å². The third-order valence-electron chi connectivity index (χ3n) is 4.00. The minimum atomic E-state index is -0.533. The lowest BCUT2D eigenvalue weighted by Gasteiger charge is -2.22. The maximum absolute atomic E-state index is 12.9. The lowest BCUT2D eigenvalue weighted by atomic mass is 9.82. The lowest BCUT2D eigenvalue weighted by Crippen LogP contribution is -2.22. The van der Waals surface area contributed by atoms with Crippen LogP contribution in [0.15, 0.2) is 24.3 Å². The van der Waals surface area contributed by atoms with E-state index in [0.717, 1.165) is 0 Å². The second-order valence-corrected chi connectivity index (χ2v) is 5.33. The lowest BCUT2D eigenvalue weighted by molar-refractivity contribution is 0.0971. The van der Waals surface area contributed by atoms with Crippen LogP contribution in [0.4, 0.5) is 0 Å². The van der Waals surface area contributed by atoms with Crippen LogP contribution in [0.25, 0.3) is 0 Å². The maximum atomic E-state index is 12.9. The molecule has 124 valence electrons. The van der Waals surface area contributed by atoms with E-state index in [2.05, 4.69) is 0 Å². The van der Waals surface area contributed by atoms with Crippen molar-refractivity contribution in [2.75, 3.05) is 13.7 Å². The largest absolute Gasteiger partial charge is 0.507 e. The van der Waals surface area contributed by atoms with Gasteiger partial charge in [0.25, 0.3) is 0 Å². The number of aromatic hydroxyl groups is 2. The van der Waals surface area contributed by atoms with Crippen LogP contribution in [-0.2, 0) is 11.3 Å². The van der Waals surface area contributed by atoms with Crippen molar-refractivity contribution in [1.82, 2.24) is 0 Å². The van der Waals surface area contributed by atoms with Crippen LogP contribution < -0.4 is 4.74 Å². The van der Waals surface area contributed by atoms with Crippen molar-refractivity contribution in [2.24, 2.45) is 0 Å². The Labute approximate surface area is 138 Å². The highest BCUT2D eigenvalue weighted by Gasteiger charge is 2.36. The van der Waals surface area contributed by atoms with Gasteiger partial charge in [-0.3, -0.25) is 9.59 Å². The molecule has 2 N–H and O–H groups in total. The molecule has 0 aromatic heterocycles. The molecule has 6 nitrogen and oxygen atoms in total. The molecule has 0 fully saturated rings. The van der Waals surface area contributed by atoms with Gasteiger partial charge in [0, 0.05) is 17.7 Å². The van der Waals surface area contributed by atoms with E-state index >= 15 is 0 Å². The van der Waals surface area contributed by atoms with E-state index in [9.17, 15) is 19.8 Å². The molecule has 0 spiro atoms. The van der Waals surface area contributed by atoms with Gasteiger partial charge in [-0.2, -0.15) is 0 Å². The molecule has 0 unspecified atom stereocenters. The summed E-state index contributed by atoms with van der Waals surface area (Å²) >= 11 is 0. The number of hydrogen-bond donors (Lipinski definition) is 2. The standard InChI is InChI=1S/C18H16O6/c1-3-24-8-11-13(20)7-10-15(18(11)23-2)16(21)9-5-4-6-12(19)14(9)17(10)22/h4-7,19-20H,3,8H2,1-2H3. The minimum Gasteiger partial charge on any atom is -0.507 e. The molecule has 0 amide bonds. The summed E-state index contributed by atoms with van der Waals surface area (Å²) in [7, 11) is 1.36. The predicted octanol–water partition coefficient (Wildman–Crippen LogP) is 2.42. The Morgan fingerprint density at radius 2 is 1.71 bits per heavy atom. The number of fused-ring (bicyclic) bond motifs is 2. The molecule has 1 aliphatic rings. The number of benzene rings is 2. The fraction of sp³-hybridized carbons (Fsp3) is 0.222. The fourth-order valence-corrected chi connectivity index (χ4v) is 2.90. The highest BCUT2D eigenvalue weighted by molar-refractivity contribution is 6.30. The van der Waals surface area contributed by atoms with Gasteiger partial charge in [-0.15, -0.1) is 0 Å².